The van der Waals surface area contributed by atoms with Crippen LogP contribution in [0.1, 0.15) is 11.1 Å². The Balaban J connectivity index is 1.63. The van der Waals surface area contributed by atoms with Crippen LogP contribution >= 0.6 is 15.9 Å². The number of aromatic nitrogens is 1. The van der Waals surface area contributed by atoms with Gasteiger partial charge < -0.3 is 9.32 Å². The average molecular weight is 495 g/mol. The molecule has 2 heterocycles. The van der Waals surface area contributed by atoms with E-state index in [0.717, 1.165) is 16.5 Å². The fraction of sp³-hybridized carbons (Fsp3) is 0.125. The summed E-state index contributed by atoms with van der Waals surface area (Å²) in [5.74, 6) is 0.585. The Kier molecular flexibility index (Phi) is 5.16. The van der Waals surface area contributed by atoms with Gasteiger partial charge in [0.2, 0.25) is 26.6 Å². The molecule has 31 heavy (non-hydrogen) atoms. The van der Waals surface area contributed by atoms with Crippen LogP contribution in [0.2, 0.25) is 0 Å². The predicted octanol–water partition coefficient (Wildman–Crippen LogP) is 5.50. The number of sulfone groups is 1. The molecular formula is C24H19BrN2O3S. The summed E-state index contributed by atoms with van der Waals surface area (Å²) in [4.78, 5) is 6.62. The quantitative estimate of drug-likeness (QED) is 0.374. The van der Waals surface area contributed by atoms with Gasteiger partial charge in [-0.05, 0) is 53.9 Å². The average Bonchev–Trinajstić information content (AvgIpc) is 3.26. The Morgan fingerprint density at radius 3 is 2.29 bits per heavy atom. The summed E-state index contributed by atoms with van der Waals surface area (Å²) in [7, 11) is -3.87. The summed E-state index contributed by atoms with van der Waals surface area (Å²) in [5.41, 5.74) is 3.18. The summed E-state index contributed by atoms with van der Waals surface area (Å²) in [6.07, 6.45) is 0.815. The molecular weight excluding hydrogens is 476 g/mol. The van der Waals surface area contributed by atoms with Crippen LogP contribution in [-0.2, 0) is 22.8 Å². The summed E-state index contributed by atoms with van der Waals surface area (Å²) in [6, 6.07) is 24.1. The second-order valence-corrected chi connectivity index (χ2v) is 10.2. The molecule has 1 aliphatic heterocycles. The van der Waals surface area contributed by atoms with Gasteiger partial charge in [-0.25, -0.2) is 8.42 Å². The Morgan fingerprint density at radius 2 is 1.55 bits per heavy atom. The first kappa shape index (κ1) is 20.0. The van der Waals surface area contributed by atoms with E-state index in [-0.39, 0.29) is 15.8 Å². The van der Waals surface area contributed by atoms with Crippen molar-refractivity contribution in [3.8, 4) is 11.5 Å². The number of hydrogen-bond donors (Lipinski definition) is 0. The maximum absolute atomic E-state index is 13.5. The lowest BCUT2D eigenvalue weighted by molar-refractivity contribution is 0.533. The van der Waals surface area contributed by atoms with Crippen molar-refractivity contribution in [1.82, 2.24) is 4.98 Å². The topological polar surface area (TPSA) is 63.4 Å². The minimum absolute atomic E-state index is 0.0481. The van der Waals surface area contributed by atoms with Crippen LogP contribution in [0.5, 0.6) is 0 Å². The number of oxazole rings is 1. The smallest absolute Gasteiger partial charge is 0.236 e. The molecule has 0 N–H and O–H groups in total. The Hall–Kier alpha value is -2.90. The van der Waals surface area contributed by atoms with Crippen LogP contribution in [0, 0.1) is 0 Å². The molecule has 0 aliphatic carbocycles. The van der Waals surface area contributed by atoms with Crippen LogP contribution in [0.25, 0.3) is 11.5 Å². The SMILES string of the molecule is O=S(=O)(c1ccc(Br)cc1)c1nc(-c2ccccc2)oc1N1CCc2ccccc2C1. The molecule has 0 saturated carbocycles. The lowest BCUT2D eigenvalue weighted by Gasteiger charge is -2.28. The van der Waals surface area contributed by atoms with Crippen LogP contribution in [0.15, 0.2) is 97.7 Å². The molecule has 0 amide bonds. The minimum atomic E-state index is -3.87. The van der Waals surface area contributed by atoms with E-state index in [9.17, 15) is 8.42 Å². The van der Waals surface area contributed by atoms with Crippen LogP contribution in [0.4, 0.5) is 5.88 Å². The van der Waals surface area contributed by atoms with Crippen molar-refractivity contribution in [3.05, 3.63) is 94.5 Å². The van der Waals surface area contributed by atoms with Gasteiger partial charge in [0.25, 0.3) is 0 Å². The molecule has 5 nitrogen and oxygen atoms in total. The van der Waals surface area contributed by atoms with E-state index in [1.807, 2.05) is 47.4 Å². The van der Waals surface area contributed by atoms with E-state index < -0.39 is 9.84 Å². The second-order valence-electron chi connectivity index (χ2n) is 7.39. The van der Waals surface area contributed by atoms with E-state index in [4.69, 9.17) is 4.42 Å². The van der Waals surface area contributed by atoms with Gasteiger partial charge in [-0.3, -0.25) is 0 Å². The van der Waals surface area contributed by atoms with Crippen molar-refractivity contribution >= 4 is 31.7 Å². The summed E-state index contributed by atoms with van der Waals surface area (Å²) in [6.45, 7) is 1.23. The minimum Gasteiger partial charge on any atom is -0.419 e. The molecule has 1 aromatic heterocycles. The van der Waals surface area contributed by atoms with E-state index in [1.165, 1.54) is 11.1 Å². The molecule has 0 bridgehead atoms. The highest BCUT2D eigenvalue weighted by molar-refractivity contribution is 9.10. The Bertz CT molecular complexity index is 1330. The van der Waals surface area contributed by atoms with E-state index in [0.29, 0.717) is 19.0 Å². The number of rotatable bonds is 4. The highest BCUT2D eigenvalue weighted by Crippen LogP contribution is 2.37. The summed E-state index contributed by atoms with van der Waals surface area (Å²) >= 11 is 3.36. The second kappa shape index (κ2) is 7.98. The number of benzene rings is 3. The van der Waals surface area contributed by atoms with Gasteiger partial charge in [0.1, 0.15) is 0 Å². The molecule has 0 fully saturated rings. The first-order valence-corrected chi connectivity index (χ1v) is 12.2. The molecule has 156 valence electrons. The lowest BCUT2D eigenvalue weighted by Crippen LogP contribution is -2.31. The lowest BCUT2D eigenvalue weighted by atomic mass is 10.0. The Labute approximate surface area is 189 Å². The Morgan fingerprint density at radius 1 is 0.871 bits per heavy atom. The van der Waals surface area contributed by atoms with Crippen LogP contribution in [0.3, 0.4) is 0 Å². The van der Waals surface area contributed by atoms with E-state index in [2.05, 4.69) is 33.0 Å². The number of nitrogens with zero attached hydrogens (tertiary/aromatic N) is 2. The van der Waals surface area contributed by atoms with Crippen molar-refractivity contribution in [3.63, 3.8) is 0 Å². The number of anilines is 1. The molecule has 0 atom stereocenters. The van der Waals surface area contributed by atoms with E-state index >= 15 is 0 Å². The zero-order valence-electron chi connectivity index (χ0n) is 16.5. The van der Waals surface area contributed by atoms with Gasteiger partial charge in [0.05, 0.1) is 4.90 Å². The number of halogens is 1. The van der Waals surface area contributed by atoms with Crippen molar-refractivity contribution < 1.29 is 12.8 Å². The molecule has 4 aromatic rings. The van der Waals surface area contributed by atoms with Crippen molar-refractivity contribution in [2.24, 2.45) is 0 Å². The molecule has 5 rings (SSSR count). The van der Waals surface area contributed by atoms with Crippen LogP contribution in [-0.4, -0.2) is 19.9 Å². The summed E-state index contributed by atoms with van der Waals surface area (Å²) < 4.78 is 34.0. The largest absolute Gasteiger partial charge is 0.419 e. The zero-order valence-corrected chi connectivity index (χ0v) is 18.9. The predicted molar refractivity (Wildman–Crippen MR) is 123 cm³/mol. The van der Waals surface area contributed by atoms with Gasteiger partial charge in [-0.15, -0.1) is 0 Å². The van der Waals surface area contributed by atoms with Gasteiger partial charge in [0.15, 0.2) is 0 Å². The molecule has 0 radical (unpaired) electrons. The summed E-state index contributed by atoms with van der Waals surface area (Å²) in [5, 5.41) is -0.0481. The first-order chi connectivity index (χ1) is 15.0. The maximum Gasteiger partial charge on any atom is 0.236 e. The molecule has 1 aliphatic rings. The third-order valence-corrected chi connectivity index (χ3v) is 7.59. The van der Waals surface area contributed by atoms with Crippen molar-refractivity contribution in [2.45, 2.75) is 22.9 Å². The standard InChI is InChI=1S/C24H19BrN2O3S/c25-20-10-12-21(13-11-20)31(28,29)23-24(30-22(26-23)18-7-2-1-3-8-18)27-15-14-17-6-4-5-9-19(17)16-27/h1-13H,14-16H2. The highest BCUT2D eigenvalue weighted by atomic mass is 79.9. The third kappa shape index (κ3) is 3.79. The van der Waals surface area contributed by atoms with Crippen molar-refractivity contribution in [1.29, 1.82) is 0 Å². The molecule has 7 heteroatoms. The van der Waals surface area contributed by atoms with Gasteiger partial charge >= 0.3 is 0 Å². The zero-order chi connectivity index (χ0) is 21.4. The number of hydrogen-bond acceptors (Lipinski definition) is 5. The molecule has 3 aromatic carbocycles. The van der Waals surface area contributed by atoms with Gasteiger partial charge in [0, 0.05) is 23.1 Å². The molecule has 0 spiro atoms. The fourth-order valence-electron chi connectivity index (χ4n) is 3.77. The maximum atomic E-state index is 13.5. The molecule has 0 saturated heterocycles. The van der Waals surface area contributed by atoms with E-state index in [1.54, 1.807) is 24.3 Å². The fourth-order valence-corrected chi connectivity index (χ4v) is 5.36. The highest BCUT2D eigenvalue weighted by Gasteiger charge is 2.32. The third-order valence-electron chi connectivity index (χ3n) is 5.40. The first-order valence-electron chi connectivity index (χ1n) is 9.91. The monoisotopic (exact) mass is 494 g/mol. The van der Waals surface area contributed by atoms with Crippen LogP contribution < -0.4 is 4.90 Å². The number of fused-ring (bicyclic) bond motifs is 1. The van der Waals surface area contributed by atoms with Gasteiger partial charge in [-0.1, -0.05) is 58.4 Å². The normalized spacial score (nSPS) is 13.8. The van der Waals surface area contributed by atoms with Gasteiger partial charge in [-0.2, -0.15) is 4.98 Å². The van der Waals surface area contributed by atoms with Crippen molar-refractivity contribution in [2.75, 3.05) is 11.4 Å². The molecule has 0 unspecified atom stereocenters.